The minimum absolute atomic E-state index is 0. The molecule has 170 valence electrons. The van der Waals surface area contributed by atoms with Crippen molar-refractivity contribution in [2.75, 3.05) is 39.8 Å². The van der Waals surface area contributed by atoms with Gasteiger partial charge in [-0.05, 0) is 70.1 Å². The Morgan fingerprint density at radius 3 is 2.47 bits per heavy atom. The Morgan fingerprint density at radius 2 is 1.83 bits per heavy atom. The third kappa shape index (κ3) is 8.00. The lowest BCUT2D eigenvalue weighted by Gasteiger charge is -2.38. The van der Waals surface area contributed by atoms with E-state index in [1.165, 1.54) is 57.3 Å². The Morgan fingerprint density at radius 1 is 1.10 bits per heavy atom. The average Bonchev–Trinajstić information content (AvgIpc) is 2.75. The molecule has 1 aromatic rings. The van der Waals surface area contributed by atoms with Gasteiger partial charge in [0, 0.05) is 38.8 Å². The van der Waals surface area contributed by atoms with E-state index in [9.17, 15) is 0 Å². The second-order valence-electron chi connectivity index (χ2n) is 8.91. The number of halogens is 1. The molecular formula is C24H42IN5. The number of likely N-dealkylation sites (tertiary alicyclic amines) is 2. The van der Waals surface area contributed by atoms with E-state index in [2.05, 4.69) is 69.6 Å². The zero-order chi connectivity index (χ0) is 20.5. The molecule has 0 spiro atoms. The molecule has 0 aliphatic carbocycles. The van der Waals surface area contributed by atoms with Crippen LogP contribution in [-0.4, -0.2) is 67.6 Å². The van der Waals surface area contributed by atoms with Gasteiger partial charge in [-0.1, -0.05) is 37.3 Å². The highest BCUT2D eigenvalue weighted by Gasteiger charge is 2.26. The van der Waals surface area contributed by atoms with Crippen molar-refractivity contribution in [3.8, 4) is 0 Å². The van der Waals surface area contributed by atoms with Crippen LogP contribution in [0.2, 0.25) is 0 Å². The Labute approximate surface area is 201 Å². The molecule has 2 saturated heterocycles. The number of guanidine groups is 1. The maximum atomic E-state index is 4.49. The van der Waals surface area contributed by atoms with E-state index in [4.69, 9.17) is 0 Å². The zero-order valence-corrected chi connectivity index (χ0v) is 21.5. The molecular weight excluding hydrogens is 485 g/mol. The highest BCUT2D eigenvalue weighted by molar-refractivity contribution is 14.0. The number of benzene rings is 1. The van der Waals surface area contributed by atoms with Crippen LogP contribution in [0.5, 0.6) is 0 Å². The molecule has 2 aliphatic heterocycles. The molecule has 1 aromatic carbocycles. The van der Waals surface area contributed by atoms with Crippen LogP contribution >= 0.6 is 24.0 Å². The summed E-state index contributed by atoms with van der Waals surface area (Å²) in [7, 11) is 1.90. The molecule has 2 atom stereocenters. The van der Waals surface area contributed by atoms with Gasteiger partial charge < -0.3 is 15.5 Å². The van der Waals surface area contributed by atoms with Gasteiger partial charge in [-0.2, -0.15) is 0 Å². The maximum Gasteiger partial charge on any atom is 0.191 e. The number of nitrogens with zero attached hydrogens (tertiary/aromatic N) is 3. The Bertz CT molecular complexity index is 615. The van der Waals surface area contributed by atoms with Gasteiger partial charge in [-0.15, -0.1) is 24.0 Å². The van der Waals surface area contributed by atoms with Crippen LogP contribution in [-0.2, 0) is 6.54 Å². The predicted molar refractivity (Wildman–Crippen MR) is 139 cm³/mol. The standard InChI is InChI=1S/C24H41N5.HI/c1-4-13-28-14-10-21(11-15-28)18-26-24(25-3)27-23-12-16-29(20(2)17-23)19-22-8-6-5-7-9-22;/h5-9,20-21,23H,4,10-19H2,1-3H3,(H2,25,26,27);1H. The van der Waals surface area contributed by atoms with E-state index >= 15 is 0 Å². The fourth-order valence-electron chi connectivity index (χ4n) is 4.76. The quantitative estimate of drug-likeness (QED) is 0.320. The molecule has 0 radical (unpaired) electrons. The Kier molecular flexibility index (Phi) is 11.5. The summed E-state index contributed by atoms with van der Waals surface area (Å²) in [5.41, 5.74) is 1.41. The van der Waals surface area contributed by atoms with Crippen molar-refractivity contribution in [3.05, 3.63) is 35.9 Å². The smallest absolute Gasteiger partial charge is 0.191 e. The molecule has 2 heterocycles. The molecule has 30 heavy (non-hydrogen) atoms. The van der Waals surface area contributed by atoms with Crippen molar-refractivity contribution >= 4 is 29.9 Å². The average molecular weight is 528 g/mol. The number of hydrogen-bond acceptors (Lipinski definition) is 3. The summed E-state index contributed by atoms with van der Waals surface area (Å²) in [4.78, 5) is 9.70. The highest BCUT2D eigenvalue weighted by atomic mass is 127. The van der Waals surface area contributed by atoms with E-state index in [0.717, 1.165) is 31.5 Å². The van der Waals surface area contributed by atoms with Crippen molar-refractivity contribution in [2.24, 2.45) is 10.9 Å². The second-order valence-corrected chi connectivity index (χ2v) is 8.91. The molecule has 0 aromatic heterocycles. The first-order chi connectivity index (χ1) is 14.2. The molecule has 2 unspecified atom stereocenters. The number of piperidine rings is 2. The van der Waals surface area contributed by atoms with Gasteiger partial charge in [-0.3, -0.25) is 9.89 Å². The van der Waals surface area contributed by atoms with Crippen LogP contribution in [0, 0.1) is 5.92 Å². The summed E-state index contributed by atoms with van der Waals surface area (Å²) in [6, 6.07) is 11.9. The van der Waals surface area contributed by atoms with Gasteiger partial charge in [0.25, 0.3) is 0 Å². The van der Waals surface area contributed by atoms with E-state index in [-0.39, 0.29) is 24.0 Å². The summed E-state index contributed by atoms with van der Waals surface area (Å²) in [6.45, 7) is 11.6. The van der Waals surface area contributed by atoms with Crippen molar-refractivity contribution < 1.29 is 0 Å². The maximum absolute atomic E-state index is 4.49. The molecule has 6 heteroatoms. The molecule has 5 nitrogen and oxygen atoms in total. The third-order valence-electron chi connectivity index (χ3n) is 6.61. The van der Waals surface area contributed by atoms with Gasteiger partial charge in [0.15, 0.2) is 5.96 Å². The fourth-order valence-corrected chi connectivity index (χ4v) is 4.76. The predicted octanol–water partition coefficient (Wildman–Crippen LogP) is 3.94. The minimum atomic E-state index is 0. The minimum Gasteiger partial charge on any atom is -0.356 e. The van der Waals surface area contributed by atoms with Gasteiger partial charge >= 0.3 is 0 Å². The summed E-state index contributed by atoms with van der Waals surface area (Å²) in [5, 5.41) is 7.30. The fraction of sp³-hybridized carbons (Fsp3) is 0.708. The first-order valence-corrected chi connectivity index (χ1v) is 11.7. The number of rotatable bonds is 7. The second kappa shape index (κ2) is 13.5. The van der Waals surface area contributed by atoms with Crippen molar-refractivity contribution in [3.63, 3.8) is 0 Å². The van der Waals surface area contributed by atoms with Crippen LogP contribution in [0.4, 0.5) is 0 Å². The van der Waals surface area contributed by atoms with Gasteiger partial charge in [-0.25, -0.2) is 0 Å². The zero-order valence-electron chi connectivity index (χ0n) is 19.1. The number of hydrogen-bond donors (Lipinski definition) is 2. The van der Waals surface area contributed by atoms with E-state index in [0.29, 0.717) is 12.1 Å². The molecule has 0 bridgehead atoms. The third-order valence-corrected chi connectivity index (χ3v) is 6.61. The molecule has 2 aliphatic rings. The molecule has 2 fully saturated rings. The van der Waals surface area contributed by atoms with Gasteiger partial charge in [0.05, 0.1) is 0 Å². The van der Waals surface area contributed by atoms with Gasteiger partial charge in [0.1, 0.15) is 0 Å². The largest absolute Gasteiger partial charge is 0.356 e. The van der Waals surface area contributed by atoms with Crippen LogP contribution in [0.25, 0.3) is 0 Å². The Hall–Kier alpha value is -0.860. The van der Waals surface area contributed by atoms with Crippen LogP contribution in [0.15, 0.2) is 35.3 Å². The molecule has 2 N–H and O–H groups in total. The first-order valence-electron chi connectivity index (χ1n) is 11.7. The molecule has 0 amide bonds. The van der Waals surface area contributed by atoms with Crippen LogP contribution < -0.4 is 10.6 Å². The summed E-state index contributed by atoms with van der Waals surface area (Å²) in [5.74, 6) is 1.75. The number of nitrogens with one attached hydrogen (secondary N) is 2. The summed E-state index contributed by atoms with van der Waals surface area (Å²) in [6.07, 6.45) is 6.22. The van der Waals surface area contributed by atoms with Crippen LogP contribution in [0.3, 0.4) is 0 Å². The lowest BCUT2D eigenvalue weighted by atomic mass is 9.96. The number of aliphatic imine (C=N–C) groups is 1. The highest BCUT2D eigenvalue weighted by Crippen LogP contribution is 2.20. The van der Waals surface area contributed by atoms with Crippen molar-refractivity contribution in [1.82, 2.24) is 20.4 Å². The summed E-state index contributed by atoms with van der Waals surface area (Å²) < 4.78 is 0. The van der Waals surface area contributed by atoms with E-state index in [1.807, 2.05) is 7.05 Å². The lowest BCUT2D eigenvalue weighted by molar-refractivity contribution is 0.134. The monoisotopic (exact) mass is 527 g/mol. The molecule has 3 rings (SSSR count). The van der Waals surface area contributed by atoms with Crippen molar-refractivity contribution in [1.29, 1.82) is 0 Å². The lowest BCUT2D eigenvalue weighted by Crippen LogP contribution is -2.52. The van der Waals surface area contributed by atoms with Gasteiger partial charge in [0.2, 0.25) is 0 Å². The first kappa shape index (κ1) is 25.4. The summed E-state index contributed by atoms with van der Waals surface area (Å²) >= 11 is 0. The Balaban J connectivity index is 0.00000320. The van der Waals surface area contributed by atoms with E-state index < -0.39 is 0 Å². The van der Waals surface area contributed by atoms with Crippen LogP contribution in [0.1, 0.15) is 51.5 Å². The van der Waals surface area contributed by atoms with Crippen molar-refractivity contribution in [2.45, 2.75) is 64.6 Å². The van der Waals surface area contributed by atoms with E-state index in [1.54, 1.807) is 0 Å². The SMILES string of the molecule is CCCN1CCC(CNC(=NC)NC2CCN(Cc3ccccc3)C(C)C2)CC1.I. The normalized spacial score (nSPS) is 24.3. The topological polar surface area (TPSA) is 42.9 Å². The molecule has 0 saturated carbocycles.